The first-order valence-corrected chi connectivity index (χ1v) is 9.12. The summed E-state index contributed by atoms with van der Waals surface area (Å²) in [7, 11) is 2.13. The first kappa shape index (κ1) is 14.4. The molecule has 0 aromatic rings. The topological polar surface area (TPSA) is 27.7 Å². The van der Waals surface area contributed by atoms with Crippen LogP contribution >= 0.6 is 0 Å². The van der Waals surface area contributed by atoms with Crippen LogP contribution in [0.25, 0.3) is 0 Å². The molecule has 4 heteroatoms. The Bertz CT molecular complexity index is 350. The van der Waals surface area contributed by atoms with Crippen LogP contribution in [0, 0.1) is 0 Å². The number of fused-ring (bicyclic) bond motifs is 3. The van der Waals surface area contributed by atoms with Gasteiger partial charge in [-0.2, -0.15) is 0 Å². The molecule has 4 heterocycles. The van der Waals surface area contributed by atoms with E-state index in [-0.39, 0.29) is 0 Å². The molecule has 4 rings (SSSR count). The van der Waals surface area contributed by atoms with Crippen molar-refractivity contribution < 1.29 is 4.74 Å². The largest absolute Gasteiger partial charge is 0.374 e. The second kappa shape index (κ2) is 6.15. The Hall–Kier alpha value is -0.160. The average molecular weight is 293 g/mol. The van der Waals surface area contributed by atoms with E-state index in [0.29, 0.717) is 6.10 Å². The fourth-order valence-electron chi connectivity index (χ4n) is 5.24. The maximum Gasteiger partial charge on any atom is 0.0829 e. The molecule has 2 bridgehead atoms. The van der Waals surface area contributed by atoms with Gasteiger partial charge in [-0.15, -0.1) is 0 Å². The molecule has 4 fully saturated rings. The first-order valence-electron chi connectivity index (χ1n) is 9.12. The lowest BCUT2D eigenvalue weighted by atomic mass is 9.81. The van der Waals surface area contributed by atoms with E-state index in [0.717, 1.165) is 30.8 Å². The molecular weight excluding hydrogens is 262 g/mol. The van der Waals surface area contributed by atoms with Crippen LogP contribution in [0.5, 0.6) is 0 Å². The van der Waals surface area contributed by atoms with Gasteiger partial charge >= 0.3 is 0 Å². The minimum atomic E-state index is 0.452. The third-order valence-electron chi connectivity index (χ3n) is 6.41. The van der Waals surface area contributed by atoms with Crippen molar-refractivity contribution in [3.05, 3.63) is 0 Å². The Morgan fingerprint density at radius 3 is 2.57 bits per heavy atom. The van der Waals surface area contributed by atoms with Crippen LogP contribution in [0.2, 0.25) is 0 Å². The summed E-state index contributed by atoms with van der Waals surface area (Å²) < 4.78 is 6.21. The lowest BCUT2D eigenvalue weighted by Crippen LogP contribution is -2.59. The lowest BCUT2D eigenvalue weighted by Gasteiger charge is -2.50. The number of piperidine rings is 2. The van der Waals surface area contributed by atoms with Crippen molar-refractivity contribution >= 4 is 0 Å². The molecule has 0 aliphatic carbocycles. The van der Waals surface area contributed by atoms with Gasteiger partial charge in [-0.3, -0.25) is 9.80 Å². The van der Waals surface area contributed by atoms with E-state index in [2.05, 4.69) is 22.2 Å². The summed E-state index contributed by atoms with van der Waals surface area (Å²) in [6.45, 7) is 4.64. The zero-order valence-electron chi connectivity index (χ0n) is 13.5. The van der Waals surface area contributed by atoms with Gasteiger partial charge in [0.2, 0.25) is 0 Å². The number of hydrogen-bond acceptors (Lipinski definition) is 4. The quantitative estimate of drug-likeness (QED) is 0.852. The van der Waals surface area contributed by atoms with Crippen LogP contribution in [0.15, 0.2) is 0 Å². The van der Waals surface area contributed by atoms with Crippen molar-refractivity contribution in [1.82, 2.24) is 15.1 Å². The SMILES string of the molecule is CNC1CC2CCCC(C1)N2CC1CN2CCCC2CO1. The van der Waals surface area contributed by atoms with Gasteiger partial charge in [-0.05, 0) is 52.1 Å². The van der Waals surface area contributed by atoms with Crippen LogP contribution in [0.4, 0.5) is 0 Å². The van der Waals surface area contributed by atoms with Crippen molar-refractivity contribution in [2.45, 2.75) is 75.2 Å². The Morgan fingerprint density at radius 2 is 1.81 bits per heavy atom. The molecule has 1 N–H and O–H groups in total. The van der Waals surface area contributed by atoms with Gasteiger partial charge in [-0.1, -0.05) is 6.42 Å². The van der Waals surface area contributed by atoms with Gasteiger partial charge in [0.1, 0.15) is 0 Å². The number of rotatable bonds is 3. The number of nitrogens with zero attached hydrogens (tertiary/aromatic N) is 2. The van der Waals surface area contributed by atoms with Gasteiger partial charge < -0.3 is 10.1 Å². The number of hydrogen-bond donors (Lipinski definition) is 1. The molecule has 120 valence electrons. The number of ether oxygens (including phenoxy) is 1. The Balaban J connectivity index is 1.38. The summed E-state index contributed by atoms with van der Waals surface area (Å²) in [4.78, 5) is 5.50. The van der Waals surface area contributed by atoms with Crippen molar-refractivity contribution in [3.63, 3.8) is 0 Å². The first-order chi connectivity index (χ1) is 10.3. The summed E-state index contributed by atoms with van der Waals surface area (Å²) in [5, 5.41) is 3.52. The Kier molecular flexibility index (Phi) is 4.23. The molecule has 4 nitrogen and oxygen atoms in total. The van der Waals surface area contributed by atoms with Gasteiger partial charge in [0.15, 0.2) is 0 Å². The average Bonchev–Trinajstić information content (AvgIpc) is 2.94. The lowest BCUT2D eigenvalue weighted by molar-refractivity contribution is -0.0848. The molecule has 0 aromatic carbocycles. The van der Waals surface area contributed by atoms with Crippen molar-refractivity contribution in [2.75, 3.05) is 33.3 Å². The molecule has 4 atom stereocenters. The minimum absolute atomic E-state index is 0.452. The predicted octanol–water partition coefficient (Wildman–Crippen LogP) is 1.45. The predicted molar refractivity (Wildman–Crippen MR) is 84.5 cm³/mol. The zero-order valence-corrected chi connectivity index (χ0v) is 13.5. The van der Waals surface area contributed by atoms with Crippen molar-refractivity contribution in [1.29, 1.82) is 0 Å². The van der Waals surface area contributed by atoms with Gasteiger partial charge in [0.25, 0.3) is 0 Å². The van der Waals surface area contributed by atoms with E-state index in [1.54, 1.807) is 0 Å². The van der Waals surface area contributed by atoms with E-state index < -0.39 is 0 Å². The van der Waals surface area contributed by atoms with Crippen LogP contribution in [-0.4, -0.2) is 73.4 Å². The molecule has 0 spiro atoms. The van der Waals surface area contributed by atoms with Crippen LogP contribution in [0.3, 0.4) is 0 Å². The second-order valence-electron chi connectivity index (χ2n) is 7.64. The number of morpholine rings is 1. The molecule has 0 radical (unpaired) electrons. The van der Waals surface area contributed by atoms with Crippen LogP contribution in [-0.2, 0) is 4.74 Å². The van der Waals surface area contributed by atoms with Gasteiger partial charge in [-0.25, -0.2) is 0 Å². The highest BCUT2D eigenvalue weighted by Gasteiger charge is 2.40. The molecular formula is C17H31N3O. The minimum Gasteiger partial charge on any atom is -0.374 e. The third-order valence-corrected chi connectivity index (χ3v) is 6.41. The number of nitrogens with one attached hydrogen (secondary N) is 1. The molecule has 4 aliphatic heterocycles. The molecule has 21 heavy (non-hydrogen) atoms. The van der Waals surface area contributed by atoms with Crippen molar-refractivity contribution in [3.8, 4) is 0 Å². The highest BCUT2D eigenvalue weighted by molar-refractivity contribution is 4.96. The van der Waals surface area contributed by atoms with E-state index in [1.165, 1.54) is 64.6 Å². The Morgan fingerprint density at radius 1 is 1.05 bits per heavy atom. The summed E-state index contributed by atoms with van der Waals surface area (Å²) in [6, 6.07) is 3.08. The normalized spacial score (nSPS) is 44.7. The molecule has 4 saturated heterocycles. The third kappa shape index (κ3) is 2.88. The van der Waals surface area contributed by atoms with E-state index in [1.807, 2.05) is 0 Å². The standard InChI is InChI=1S/C17H31N3O/c1-18-13-8-14-4-2-5-15(9-13)20(14)11-17-10-19-7-3-6-16(19)12-21-17/h13-18H,2-12H2,1H3. The van der Waals surface area contributed by atoms with Crippen molar-refractivity contribution in [2.24, 2.45) is 0 Å². The molecule has 0 saturated carbocycles. The fraction of sp³-hybridized carbons (Fsp3) is 1.00. The van der Waals surface area contributed by atoms with Crippen LogP contribution in [0.1, 0.15) is 44.9 Å². The summed E-state index contributed by atoms with van der Waals surface area (Å²) in [5.41, 5.74) is 0. The van der Waals surface area contributed by atoms with E-state index >= 15 is 0 Å². The summed E-state index contributed by atoms with van der Waals surface area (Å²) >= 11 is 0. The van der Waals surface area contributed by atoms with E-state index in [9.17, 15) is 0 Å². The van der Waals surface area contributed by atoms with Gasteiger partial charge in [0, 0.05) is 37.3 Å². The summed E-state index contributed by atoms with van der Waals surface area (Å²) in [5.74, 6) is 0. The second-order valence-corrected chi connectivity index (χ2v) is 7.64. The molecule has 4 unspecified atom stereocenters. The molecule has 0 aromatic heterocycles. The fourth-order valence-corrected chi connectivity index (χ4v) is 5.24. The maximum atomic E-state index is 6.21. The highest BCUT2D eigenvalue weighted by Crippen LogP contribution is 2.35. The molecule has 0 amide bonds. The monoisotopic (exact) mass is 293 g/mol. The highest BCUT2D eigenvalue weighted by atomic mass is 16.5. The smallest absolute Gasteiger partial charge is 0.0829 e. The summed E-state index contributed by atoms with van der Waals surface area (Å²) in [6.07, 6.45) is 10.1. The Labute approximate surface area is 129 Å². The zero-order chi connectivity index (χ0) is 14.2. The maximum absolute atomic E-state index is 6.21. The van der Waals surface area contributed by atoms with Gasteiger partial charge in [0.05, 0.1) is 12.7 Å². The van der Waals surface area contributed by atoms with Crippen LogP contribution < -0.4 is 5.32 Å². The van der Waals surface area contributed by atoms with E-state index in [4.69, 9.17) is 4.74 Å². The molecule has 4 aliphatic rings.